The van der Waals surface area contributed by atoms with Crippen molar-refractivity contribution in [2.75, 3.05) is 13.1 Å². The lowest BCUT2D eigenvalue weighted by Gasteiger charge is -2.12. The number of rotatable bonds is 1. The van der Waals surface area contributed by atoms with Gasteiger partial charge in [0, 0.05) is 6.42 Å². The third-order valence-electron chi connectivity index (χ3n) is 1.75. The standard InChI is InChI=1S/C7H14N2/c1-3-7-5-8-6(2)4-9-7/h6,8H,3-5H2,1-2H3/p+1. The van der Waals surface area contributed by atoms with E-state index >= 15 is 0 Å². The molecular weight excluding hydrogens is 112 g/mol. The molecule has 9 heavy (non-hydrogen) atoms. The number of hydrogen-bond acceptors (Lipinski definition) is 1. The van der Waals surface area contributed by atoms with Gasteiger partial charge >= 0.3 is 0 Å². The van der Waals surface area contributed by atoms with Gasteiger partial charge in [0.15, 0.2) is 12.3 Å². The van der Waals surface area contributed by atoms with E-state index in [0.717, 1.165) is 19.5 Å². The van der Waals surface area contributed by atoms with Crippen LogP contribution in [0.5, 0.6) is 0 Å². The maximum absolute atomic E-state index is 3.38. The molecule has 0 aromatic carbocycles. The maximum atomic E-state index is 3.38. The van der Waals surface area contributed by atoms with E-state index in [1.807, 2.05) is 0 Å². The molecule has 1 heterocycles. The normalized spacial score (nSPS) is 27.8. The van der Waals surface area contributed by atoms with Crippen LogP contribution in [0.3, 0.4) is 0 Å². The van der Waals surface area contributed by atoms with E-state index in [0.29, 0.717) is 6.04 Å². The highest BCUT2D eigenvalue weighted by molar-refractivity contribution is 5.80. The van der Waals surface area contributed by atoms with Crippen LogP contribution in [-0.2, 0) is 0 Å². The van der Waals surface area contributed by atoms with Gasteiger partial charge in [0.2, 0.25) is 0 Å². The Bertz CT molecular complexity index is 118. The van der Waals surface area contributed by atoms with E-state index in [1.165, 1.54) is 5.71 Å². The fourth-order valence-electron chi connectivity index (χ4n) is 0.980. The van der Waals surface area contributed by atoms with Gasteiger partial charge in [0.05, 0.1) is 12.6 Å². The van der Waals surface area contributed by atoms with Crippen molar-refractivity contribution >= 4 is 5.71 Å². The van der Waals surface area contributed by atoms with Crippen LogP contribution in [0.1, 0.15) is 20.3 Å². The summed E-state index contributed by atoms with van der Waals surface area (Å²) >= 11 is 0. The molecule has 0 radical (unpaired) electrons. The second-order valence-electron chi connectivity index (χ2n) is 2.62. The van der Waals surface area contributed by atoms with Crippen molar-refractivity contribution in [3.63, 3.8) is 0 Å². The van der Waals surface area contributed by atoms with Crippen LogP contribution in [0, 0.1) is 0 Å². The molecule has 0 bridgehead atoms. The van der Waals surface area contributed by atoms with Gasteiger partial charge < -0.3 is 0 Å². The summed E-state index contributed by atoms with van der Waals surface area (Å²) in [4.78, 5) is 3.37. The first-order valence-electron chi connectivity index (χ1n) is 3.65. The fraction of sp³-hybridized carbons (Fsp3) is 0.857. The van der Waals surface area contributed by atoms with Gasteiger partial charge in [-0.15, -0.1) is 0 Å². The summed E-state index contributed by atoms with van der Waals surface area (Å²) in [5.74, 6) is 0. The Hall–Kier alpha value is -0.370. The number of nitrogens with one attached hydrogen (secondary N) is 2. The lowest BCUT2D eigenvalue weighted by molar-refractivity contribution is -0.467. The monoisotopic (exact) mass is 127 g/mol. The first-order chi connectivity index (χ1) is 4.33. The van der Waals surface area contributed by atoms with E-state index in [2.05, 4.69) is 24.2 Å². The molecule has 1 rings (SSSR count). The van der Waals surface area contributed by atoms with Crippen LogP contribution in [0.25, 0.3) is 0 Å². The van der Waals surface area contributed by atoms with E-state index in [-0.39, 0.29) is 0 Å². The molecule has 1 aliphatic rings. The molecule has 2 nitrogen and oxygen atoms in total. The Labute approximate surface area is 56.4 Å². The van der Waals surface area contributed by atoms with Crippen LogP contribution in [0.2, 0.25) is 0 Å². The highest BCUT2D eigenvalue weighted by Gasteiger charge is 2.13. The predicted octanol–water partition coefficient (Wildman–Crippen LogP) is -1.09. The van der Waals surface area contributed by atoms with Crippen LogP contribution in [0.15, 0.2) is 0 Å². The highest BCUT2D eigenvalue weighted by Crippen LogP contribution is 1.81. The SMILES string of the molecule is CCC1=[NH+]CC(C)NC1. The molecular formula is C7H15N2+. The topological polar surface area (TPSA) is 26.0 Å². The summed E-state index contributed by atoms with van der Waals surface area (Å²) in [6.07, 6.45) is 1.15. The molecule has 0 spiro atoms. The minimum absolute atomic E-state index is 0.639. The molecule has 0 aromatic rings. The molecule has 0 amide bonds. The summed E-state index contributed by atoms with van der Waals surface area (Å²) in [5, 5.41) is 3.38. The summed E-state index contributed by atoms with van der Waals surface area (Å²) < 4.78 is 0. The zero-order valence-corrected chi connectivity index (χ0v) is 6.20. The summed E-state index contributed by atoms with van der Waals surface area (Å²) in [6, 6.07) is 0.639. The van der Waals surface area contributed by atoms with Crippen LogP contribution in [0.4, 0.5) is 0 Å². The number of hydrogen-bond donors (Lipinski definition) is 2. The summed E-state index contributed by atoms with van der Waals surface area (Å²) in [5.41, 5.74) is 1.44. The van der Waals surface area contributed by atoms with Crippen molar-refractivity contribution in [1.29, 1.82) is 0 Å². The Morgan fingerprint density at radius 2 is 2.56 bits per heavy atom. The molecule has 0 aromatic heterocycles. The van der Waals surface area contributed by atoms with Gasteiger partial charge in [0.25, 0.3) is 0 Å². The second-order valence-corrected chi connectivity index (χ2v) is 2.62. The maximum Gasteiger partial charge on any atom is 0.164 e. The molecule has 0 saturated carbocycles. The highest BCUT2D eigenvalue weighted by atomic mass is 15.0. The van der Waals surface area contributed by atoms with Gasteiger partial charge in [-0.2, -0.15) is 0 Å². The van der Waals surface area contributed by atoms with Gasteiger partial charge in [-0.1, -0.05) is 6.92 Å². The molecule has 0 saturated heterocycles. The van der Waals surface area contributed by atoms with Crippen LogP contribution >= 0.6 is 0 Å². The fourth-order valence-corrected chi connectivity index (χ4v) is 0.980. The van der Waals surface area contributed by atoms with Gasteiger partial charge in [-0.25, -0.2) is 4.99 Å². The average Bonchev–Trinajstić information content (AvgIpc) is 1.90. The zero-order valence-electron chi connectivity index (χ0n) is 6.20. The quantitative estimate of drug-likeness (QED) is 0.460. The Morgan fingerprint density at radius 3 is 3.00 bits per heavy atom. The molecule has 2 N–H and O–H groups in total. The smallest absolute Gasteiger partial charge is 0.164 e. The Balaban J connectivity index is 2.40. The van der Waals surface area contributed by atoms with Crippen LogP contribution in [-0.4, -0.2) is 24.8 Å². The van der Waals surface area contributed by atoms with E-state index in [9.17, 15) is 0 Å². The summed E-state index contributed by atoms with van der Waals surface area (Å²) in [7, 11) is 0. The van der Waals surface area contributed by atoms with Crippen molar-refractivity contribution in [3.05, 3.63) is 0 Å². The second kappa shape index (κ2) is 2.97. The molecule has 52 valence electrons. The molecule has 0 fully saturated rings. The first-order valence-corrected chi connectivity index (χ1v) is 3.65. The average molecular weight is 127 g/mol. The van der Waals surface area contributed by atoms with E-state index in [4.69, 9.17) is 0 Å². The molecule has 1 aliphatic heterocycles. The van der Waals surface area contributed by atoms with Gasteiger partial charge in [0.1, 0.15) is 0 Å². The molecule has 0 aliphatic carbocycles. The van der Waals surface area contributed by atoms with Crippen molar-refractivity contribution in [3.8, 4) is 0 Å². The lowest BCUT2D eigenvalue weighted by Crippen LogP contribution is -2.81. The van der Waals surface area contributed by atoms with Crippen molar-refractivity contribution in [2.45, 2.75) is 26.3 Å². The lowest BCUT2D eigenvalue weighted by atomic mass is 10.2. The van der Waals surface area contributed by atoms with Crippen molar-refractivity contribution in [1.82, 2.24) is 5.32 Å². The predicted molar refractivity (Wildman–Crippen MR) is 38.6 cm³/mol. The minimum Gasteiger partial charge on any atom is -0.300 e. The third kappa shape index (κ3) is 1.79. The van der Waals surface area contributed by atoms with Gasteiger partial charge in [-0.05, 0) is 6.92 Å². The zero-order chi connectivity index (χ0) is 6.69. The summed E-state index contributed by atoms with van der Waals surface area (Å²) in [6.45, 7) is 6.51. The van der Waals surface area contributed by atoms with E-state index < -0.39 is 0 Å². The van der Waals surface area contributed by atoms with Gasteiger partial charge in [-0.3, -0.25) is 5.32 Å². The van der Waals surface area contributed by atoms with Crippen molar-refractivity contribution in [2.24, 2.45) is 0 Å². The first kappa shape index (κ1) is 6.75. The van der Waals surface area contributed by atoms with Crippen molar-refractivity contribution < 1.29 is 4.99 Å². The molecule has 1 atom stereocenters. The van der Waals surface area contributed by atoms with Crippen LogP contribution < -0.4 is 10.3 Å². The molecule has 2 heteroatoms. The van der Waals surface area contributed by atoms with E-state index in [1.54, 1.807) is 0 Å². The Morgan fingerprint density at radius 1 is 1.78 bits per heavy atom. The minimum atomic E-state index is 0.639. The Kier molecular flexibility index (Phi) is 2.22. The largest absolute Gasteiger partial charge is 0.300 e. The third-order valence-corrected chi connectivity index (χ3v) is 1.75. The molecule has 1 unspecified atom stereocenters.